The molecule has 0 unspecified atom stereocenters. The summed E-state index contributed by atoms with van der Waals surface area (Å²) in [4.78, 5) is 40.3. The number of benzene rings is 1. The summed E-state index contributed by atoms with van der Waals surface area (Å²) in [5.74, 6) is 0.729. The molecular formula is C25H29N3O5S. The van der Waals surface area contributed by atoms with Crippen LogP contribution in [-0.4, -0.2) is 61.1 Å². The van der Waals surface area contributed by atoms with Gasteiger partial charge in [-0.2, -0.15) is 0 Å². The highest BCUT2D eigenvalue weighted by Gasteiger charge is 2.39. The minimum absolute atomic E-state index is 0.0222. The van der Waals surface area contributed by atoms with E-state index in [9.17, 15) is 14.4 Å². The van der Waals surface area contributed by atoms with Crippen LogP contribution in [0, 0.1) is 5.92 Å². The predicted molar refractivity (Wildman–Crippen MR) is 128 cm³/mol. The summed E-state index contributed by atoms with van der Waals surface area (Å²) in [6.07, 6.45) is 3.69. The molecule has 0 radical (unpaired) electrons. The summed E-state index contributed by atoms with van der Waals surface area (Å²) in [6, 6.07) is 8.53. The van der Waals surface area contributed by atoms with Gasteiger partial charge in [-0.05, 0) is 61.2 Å². The van der Waals surface area contributed by atoms with Crippen molar-refractivity contribution in [3.05, 3.63) is 46.2 Å². The van der Waals surface area contributed by atoms with E-state index in [1.54, 1.807) is 36.2 Å². The lowest BCUT2D eigenvalue weighted by molar-refractivity contribution is -0.134. The second-order valence-electron chi connectivity index (χ2n) is 9.26. The maximum absolute atomic E-state index is 13.3. The molecule has 3 atom stereocenters. The molecule has 8 nitrogen and oxygen atoms in total. The Labute approximate surface area is 202 Å². The quantitative estimate of drug-likeness (QED) is 0.657. The van der Waals surface area contributed by atoms with Crippen LogP contribution in [0.1, 0.15) is 52.1 Å². The Morgan fingerprint density at radius 3 is 2.79 bits per heavy atom. The second-order valence-corrected chi connectivity index (χ2v) is 10.2. The van der Waals surface area contributed by atoms with Crippen molar-refractivity contribution in [2.24, 2.45) is 5.92 Å². The lowest BCUT2D eigenvalue weighted by Crippen LogP contribution is -2.54. The zero-order valence-electron chi connectivity index (χ0n) is 19.1. The maximum Gasteiger partial charge on any atom is 0.265 e. The summed E-state index contributed by atoms with van der Waals surface area (Å²) < 4.78 is 12.2. The molecule has 3 heterocycles. The van der Waals surface area contributed by atoms with Gasteiger partial charge >= 0.3 is 0 Å². The smallest absolute Gasteiger partial charge is 0.265 e. The number of hydrogen-bond acceptors (Lipinski definition) is 6. The zero-order valence-corrected chi connectivity index (χ0v) is 19.9. The van der Waals surface area contributed by atoms with Gasteiger partial charge in [0.2, 0.25) is 5.91 Å². The monoisotopic (exact) mass is 483 g/mol. The Hall–Kier alpha value is -2.91. The fraction of sp³-hybridized carbons (Fsp3) is 0.480. The molecule has 2 N–H and O–H groups in total. The van der Waals surface area contributed by atoms with E-state index in [0.717, 1.165) is 13.0 Å². The molecule has 180 valence electrons. The van der Waals surface area contributed by atoms with Gasteiger partial charge in [0.1, 0.15) is 18.5 Å². The number of thiophene rings is 1. The van der Waals surface area contributed by atoms with Crippen LogP contribution in [0.2, 0.25) is 0 Å². The molecule has 5 rings (SSSR count). The number of amides is 3. The van der Waals surface area contributed by atoms with Crippen molar-refractivity contribution >= 4 is 34.7 Å². The van der Waals surface area contributed by atoms with E-state index in [2.05, 4.69) is 10.6 Å². The van der Waals surface area contributed by atoms with E-state index in [4.69, 9.17) is 9.47 Å². The largest absolute Gasteiger partial charge is 0.490 e. The molecule has 1 aliphatic carbocycles. The van der Waals surface area contributed by atoms with E-state index < -0.39 is 0 Å². The molecule has 1 saturated carbocycles. The van der Waals surface area contributed by atoms with Gasteiger partial charge in [-0.15, -0.1) is 11.3 Å². The van der Waals surface area contributed by atoms with E-state index in [1.165, 1.54) is 24.2 Å². The fourth-order valence-corrected chi connectivity index (χ4v) is 5.18. The van der Waals surface area contributed by atoms with Crippen molar-refractivity contribution < 1.29 is 23.9 Å². The van der Waals surface area contributed by atoms with Crippen LogP contribution in [0.3, 0.4) is 0 Å². The van der Waals surface area contributed by atoms with Gasteiger partial charge in [-0.3, -0.25) is 14.4 Å². The number of ether oxygens (including phenoxy) is 2. The van der Waals surface area contributed by atoms with Crippen LogP contribution in [-0.2, 0) is 9.53 Å². The molecule has 3 aliphatic rings. The normalized spacial score (nSPS) is 24.2. The Balaban J connectivity index is 1.25. The van der Waals surface area contributed by atoms with Gasteiger partial charge in [0, 0.05) is 19.3 Å². The Kier molecular flexibility index (Phi) is 6.56. The standard InChI is InChI=1S/C25H29N3O5S/c1-28-19-8-7-17(12-23(29)26-13-15-4-5-15)33-21(19)14-32-20-9-6-16(11-18(20)25(28)31)27-24(30)22-3-2-10-34-22/h2-3,6,9-11,15,17,19,21H,4-5,7-8,12-14H2,1H3,(H,26,29)(H,27,30)/t17-,19+,21+/m0/s1. The first-order chi connectivity index (χ1) is 16.5. The molecule has 9 heteroatoms. The van der Waals surface area contributed by atoms with Crippen LogP contribution in [0.5, 0.6) is 5.75 Å². The molecule has 1 aromatic heterocycles. The summed E-state index contributed by atoms with van der Waals surface area (Å²) in [5.41, 5.74) is 0.947. The number of rotatable bonds is 6. The van der Waals surface area contributed by atoms with Crippen molar-refractivity contribution in [1.82, 2.24) is 10.2 Å². The molecule has 0 bridgehead atoms. The minimum atomic E-state index is -0.310. The summed E-state index contributed by atoms with van der Waals surface area (Å²) >= 11 is 1.36. The highest BCUT2D eigenvalue weighted by molar-refractivity contribution is 7.12. The maximum atomic E-state index is 13.3. The molecule has 1 saturated heterocycles. The van der Waals surface area contributed by atoms with Gasteiger partial charge < -0.3 is 25.0 Å². The number of carbonyl (C=O) groups is 3. The number of fused-ring (bicyclic) bond motifs is 2. The van der Waals surface area contributed by atoms with Crippen molar-refractivity contribution in [3.8, 4) is 5.75 Å². The molecular weight excluding hydrogens is 454 g/mol. The van der Waals surface area contributed by atoms with Gasteiger partial charge in [0.25, 0.3) is 11.8 Å². The molecule has 3 amide bonds. The molecule has 2 fully saturated rings. The number of likely N-dealkylation sites (N-methyl/N-ethyl adjacent to an activating group) is 1. The first kappa shape index (κ1) is 22.9. The van der Waals surface area contributed by atoms with Crippen LogP contribution in [0.4, 0.5) is 5.69 Å². The van der Waals surface area contributed by atoms with Crippen LogP contribution in [0.25, 0.3) is 0 Å². The number of anilines is 1. The summed E-state index contributed by atoms with van der Waals surface area (Å²) in [5, 5.41) is 7.69. The minimum Gasteiger partial charge on any atom is -0.490 e. The molecule has 2 aromatic rings. The van der Waals surface area contributed by atoms with Crippen molar-refractivity contribution in [1.29, 1.82) is 0 Å². The third-order valence-corrected chi connectivity index (χ3v) is 7.58. The molecule has 1 aromatic carbocycles. The van der Waals surface area contributed by atoms with Gasteiger partial charge in [-0.1, -0.05) is 6.07 Å². The van der Waals surface area contributed by atoms with E-state index in [-0.39, 0.29) is 42.6 Å². The first-order valence-electron chi connectivity index (χ1n) is 11.8. The average molecular weight is 484 g/mol. The van der Waals surface area contributed by atoms with Crippen molar-refractivity contribution in [2.75, 3.05) is 25.5 Å². The van der Waals surface area contributed by atoms with E-state index >= 15 is 0 Å². The van der Waals surface area contributed by atoms with Gasteiger partial charge in [0.05, 0.1) is 29.0 Å². The summed E-state index contributed by atoms with van der Waals surface area (Å²) in [6.45, 7) is 1.04. The van der Waals surface area contributed by atoms with Gasteiger partial charge in [-0.25, -0.2) is 0 Å². The Bertz CT molecular complexity index is 1070. The van der Waals surface area contributed by atoms with Crippen molar-refractivity contribution in [3.63, 3.8) is 0 Å². The second kappa shape index (κ2) is 9.76. The number of nitrogens with zero attached hydrogens (tertiary/aromatic N) is 1. The molecule has 2 aliphatic heterocycles. The average Bonchev–Trinajstić information content (AvgIpc) is 3.50. The SMILES string of the molecule is CN1C(=O)c2cc(NC(=O)c3cccs3)ccc2OC[C@H]2O[C@H](CC(=O)NCC3CC3)CC[C@H]21. The van der Waals surface area contributed by atoms with Crippen LogP contribution >= 0.6 is 11.3 Å². The summed E-state index contributed by atoms with van der Waals surface area (Å²) in [7, 11) is 1.78. The predicted octanol–water partition coefficient (Wildman–Crippen LogP) is 3.30. The molecule has 34 heavy (non-hydrogen) atoms. The molecule has 0 spiro atoms. The number of hydrogen-bond donors (Lipinski definition) is 2. The number of nitrogens with one attached hydrogen (secondary N) is 2. The van der Waals surface area contributed by atoms with E-state index in [1.807, 2.05) is 11.4 Å². The highest BCUT2D eigenvalue weighted by Crippen LogP contribution is 2.33. The highest BCUT2D eigenvalue weighted by atomic mass is 32.1. The van der Waals surface area contributed by atoms with Gasteiger partial charge in [0.15, 0.2) is 0 Å². The van der Waals surface area contributed by atoms with Crippen molar-refractivity contribution in [2.45, 2.75) is 50.4 Å². The lowest BCUT2D eigenvalue weighted by atomic mass is 9.94. The Morgan fingerprint density at radius 2 is 2.03 bits per heavy atom. The van der Waals surface area contributed by atoms with Crippen LogP contribution < -0.4 is 15.4 Å². The number of carbonyl (C=O) groups excluding carboxylic acids is 3. The third-order valence-electron chi connectivity index (χ3n) is 6.71. The fourth-order valence-electron chi connectivity index (χ4n) is 4.56. The van der Waals surface area contributed by atoms with E-state index in [0.29, 0.717) is 40.6 Å². The first-order valence-corrected chi connectivity index (χ1v) is 12.7. The topological polar surface area (TPSA) is 97.0 Å². The van der Waals surface area contributed by atoms with Crippen LogP contribution in [0.15, 0.2) is 35.7 Å². The Morgan fingerprint density at radius 1 is 1.18 bits per heavy atom. The third kappa shape index (κ3) is 5.10. The lowest BCUT2D eigenvalue weighted by Gasteiger charge is -2.42. The zero-order chi connectivity index (χ0) is 23.7.